The number of nitrogens with one attached hydrogen (secondary N) is 1. The van der Waals surface area contributed by atoms with Gasteiger partial charge in [0.25, 0.3) is 0 Å². The van der Waals surface area contributed by atoms with Gasteiger partial charge in [0.1, 0.15) is 41.0 Å². The van der Waals surface area contributed by atoms with Crippen LogP contribution in [0.5, 0.6) is 5.75 Å². The third-order valence-corrected chi connectivity index (χ3v) is 10.9. The minimum atomic E-state index is -0.459. The number of hydrogen-bond donors (Lipinski definition) is 1. The van der Waals surface area contributed by atoms with Crippen LogP contribution in [0.4, 0.5) is 16.0 Å². The average molecular weight is 729 g/mol. The summed E-state index contributed by atoms with van der Waals surface area (Å²) in [6.45, 7) is 5.52. The van der Waals surface area contributed by atoms with Crippen LogP contribution in [0, 0.1) is 5.82 Å². The fourth-order valence-electron chi connectivity index (χ4n) is 8.18. The number of imidazole rings is 1. The average Bonchev–Trinajstić information content (AvgIpc) is 3.93. The van der Waals surface area contributed by atoms with Crippen LogP contribution < -0.4 is 19.9 Å². The van der Waals surface area contributed by atoms with Crippen LogP contribution >= 0.6 is 0 Å². The number of fused-ring (bicyclic) bond motifs is 2. The summed E-state index contributed by atoms with van der Waals surface area (Å²) in [5.74, 6) is 1.25. The van der Waals surface area contributed by atoms with E-state index >= 15 is 0 Å². The van der Waals surface area contributed by atoms with Crippen molar-refractivity contribution in [2.75, 3.05) is 55.7 Å². The van der Waals surface area contributed by atoms with Crippen LogP contribution in [0.2, 0.25) is 0 Å². The summed E-state index contributed by atoms with van der Waals surface area (Å²) in [6.07, 6.45) is 4.54. The highest BCUT2D eigenvalue weighted by atomic mass is 19.1. The molecule has 3 saturated heterocycles. The van der Waals surface area contributed by atoms with E-state index in [2.05, 4.69) is 36.2 Å². The van der Waals surface area contributed by atoms with E-state index in [4.69, 9.17) is 14.8 Å². The van der Waals surface area contributed by atoms with E-state index in [1.807, 2.05) is 66.3 Å². The fourth-order valence-corrected chi connectivity index (χ4v) is 8.18. The van der Waals surface area contributed by atoms with Crippen LogP contribution in [0.3, 0.4) is 0 Å². The van der Waals surface area contributed by atoms with Crippen LogP contribution in [-0.4, -0.2) is 92.0 Å². The third kappa shape index (κ3) is 6.40. The number of halogens is 1. The Bertz CT molecular complexity index is 2370. The molecule has 14 heteroatoms. The molecule has 2 atom stereocenters. The van der Waals surface area contributed by atoms with Crippen molar-refractivity contribution in [3.63, 3.8) is 0 Å². The van der Waals surface area contributed by atoms with Crippen molar-refractivity contribution in [1.29, 1.82) is 0 Å². The molecule has 0 saturated carbocycles. The van der Waals surface area contributed by atoms with Crippen LogP contribution in [0.25, 0.3) is 27.9 Å². The van der Waals surface area contributed by atoms with Crippen molar-refractivity contribution in [2.24, 2.45) is 7.05 Å². The van der Waals surface area contributed by atoms with Crippen LogP contribution in [-0.2, 0) is 16.6 Å². The number of aromatic nitrogens is 6. The summed E-state index contributed by atoms with van der Waals surface area (Å²) < 4.78 is 24.0. The molecule has 2 aromatic carbocycles. The summed E-state index contributed by atoms with van der Waals surface area (Å²) in [7, 11) is 1.86. The van der Waals surface area contributed by atoms with Crippen LogP contribution in [0.15, 0.2) is 79.0 Å². The number of piperazine rings is 1. The van der Waals surface area contributed by atoms with Crippen LogP contribution in [0.1, 0.15) is 48.9 Å². The second kappa shape index (κ2) is 14.2. The van der Waals surface area contributed by atoms with Gasteiger partial charge in [0, 0.05) is 58.1 Å². The molecule has 54 heavy (non-hydrogen) atoms. The maximum Gasteiger partial charge on any atom is 0.235 e. The second-order valence-electron chi connectivity index (χ2n) is 14.2. The van der Waals surface area contributed by atoms with Gasteiger partial charge >= 0.3 is 0 Å². The van der Waals surface area contributed by atoms with Crippen molar-refractivity contribution in [3.8, 4) is 17.1 Å². The van der Waals surface area contributed by atoms with Gasteiger partial charge in [-0.1, -0.05) is 30.3 Å². The maximum atomic E-state index is 14.1. The Labute approximate surface area is 311 Å². The Morgan fingerprint density at radius 2 is 1.76 bits per heavy atom. The van der Waals surface area contributed by atoms with E-state index in [0.717, 1.165) is 103 Å². The lowest BCUT2D eigenvalue weighted by Crippen LogP contribution is -2.47. The van der Waals surface area contributed by atoms with Crippen molar-refractivity contribution >= 4 is 40.0 Å². The number of pyridine rings is 1. The number of anilines is 2. The molecule has 3 aliphatic rings. The van der Waals surface area contributed by atoms with E-state index in [-0.39, 0.29) is 23.7 Å². The summed E-state index contributed by atoms with van der Waals surface area (Å²) in [5.41, 5.74) is 4.85. The zero-order chi connectivity index (χ0) is 36.8. The number of para-hydroxylation sites is 1. The Balaban J connectivity index is 0.842. The zero-order valence-corrected chi connectivity index (χ0v) is 30.1. The molecule has 7 heterocycles. The Morgan fingerprint density at radius 1 is 0.907 bits per heavy atom. The molecule has 0 radical (unpaired) electrons. The first-order chi connectivity index (χ1) is 26.4. The smallest absolute Gasteiger partial charge is 0.235 e. The Morgan fingerprint density at radius 3 is 2.61 bits per heavy atom. The first-order valence-electron chi connectivity index (χ1n) is 18.6. The van der Waals surface area contributed by atoms with Gasteiger partial charge in [0.15, 0.2) is 5.65 Å². The molecule has 1 N–H and O–H groups in total. The van der Waals surface area contributed by atoms with Crippen molar-refractivity contribution in [2.45, 2.75) is 37.6 Å². The predicted molar refractivity (Wildman–Crippen MR) is 202 cm³/mol. The summed E-state index contributed by atoms with van der Waals surface area (Å²) >= 11 is 0. The topological polar surface area (TPSA) is 126 Å². The lowest BCUT2D eigenvalue weighted by atomic mass is 9.93. The molecule has 0 spiro atoms. The number of piperidine rings is 1. The molecule has 0 bridgehead atoms. The summed E-state index contributed by atoms with van der Waals surface area (Å²) in [4.78, 5) is 41.0. The number of amides is 2. The molecule has 6 aromatic rings. The Kier molecular flexibility index (Phi) is 8.89. The number of ether oxygens (including phenoxy) is 1. The van der Waals surface area contributed by atoms with Crippen molar-refractivity contribution in [3.05, 3.63) is 96.1 Å². The van der Waals surface area contributed by atoms with Gasteiger partial charge in [0.2, 0.25) is 11.8 Å². The molecule has 0 aliphatic carbocycles. The molecule has 3 aliphatic heterocycles. The van der Waals surface area contributed by atoms with E-state index < -0.39 is 5.92 Å². The molecule has 9 rings (SSSR count). The van der Waals surface area contributed by atoms with Crippen molar-refractivity contribution in [1.82, 2.24) is 39.6 Å². The third-order valence-electron chi connectivity index (χ3n) is 10.9. The quantitative estimate of drug-likeness (QED) is 0.206. The molecule has 3 fully saturated rings. The minimum Gasteiger partial charge on any atom is -0.490 e. The number of rotatable bonds is 9. The largest absolute Gasteiger partial charge is 0.490 e. The van der Waals surface area contributed by atoms with Gasteiger partial charge in [-0.2, -0.15) is 5.10 Å². The number of imide groups is 1. The number of carbonyl (C=O) groups is 2. The molecule has 276 valence electrons. The SMILES string of the molecule is Cn1nc(C2CCC(=O)NC2=O)c2cccc(OCCN3CCN(c4cccc(-c5cnc6ccc(N7CCC[C@@H]7c7cccc(F)c7)nn56)n4)CC3)c21. The van der Waals surface area contributed by atoms with E-state index in [0.29, 0.717) is 25.1 Å². The fraction of sp³-hybridized carbons (Fsp3) is 0.350. The van der Waals surface area contributed by atoms with Gasteiger partial charge in [0.05, 0.1) is 29.5 Å². The Hall–Kier alpha value is -5.89. The first-order valence-corrected chi connectivity index (χ1v) is 18.6. The normalized spacial score (nSPS) is 19.6. The first kappa shape index (κ1) is 33.9. The lowest BCUT2D eigenvalue weighted by Gasteiger charge is -2.35. The van der Waals surface area contributed by atoms with Crippen molar-refractivity contribution < 1.29 is 18.7 Å². The molecule has 13 nitrogen and oxygen atoms in total. The maximum absolute atomic E-state index is 14.1. The molecular formula is C40H41FN10O3. The highest BCUT2D eigenvalue weighted by molar-refractivity contribution is 6.03. The zero-order valence-electron chi connectivity index (χ0n) is 30.1. The van der Waals surface area contributed by atoms with Gasteiger partial charge in [-0.05, 0) is 67.3 Å². The van der Waals surface area contributed by atoms with Gasteiger partial charge in [-0.25, -0.2) is 18.9 Å². The van der Waals surface area contributed by atoms with E-state index in [1.165, 1.54) is 6.07 Å². The minimum absolute atomic E-state index is 0.0692. The molecule has 2 amide bonds. The van der Waals surface area contributed by atoms with E-state index in [9.17, 15) is 14.0 Å². The highest BCUT2D eigenvalue weighted by Gasteiger charge is 2.32. The highest BCUT2D eigenvalue weighted by Crippen LogP contribution is 2.37. The van der Waals surface area contributed by atoms with Gasteiger partial charge in [-0.3, -0.25) is 24.5 Å². The summed E-state index contributed by atoms with van der Waals surface area (Å²) in [6, 6.07) is 22.8. The number of nitrogens with zero attached hydrogens (tertiary/aromatic N) is 9. The molecule has 1 unspecified atom stereocenters. The number of benzene rings is 2. The van der Waals surface area contributed by atoms with Gasteiger partial charge < -0.3 is 14.5 Å². The monoisotopic (exact) mass is 728 g/mol. The number of aryl methyl sites for hydroxylation is 1. The van der Waals surface area contributed by atoms with Gasteiger partial charge in [-0.15, -0.1) is 5.10 Å². The van der Waals surface area contributed by atoms with E-state index in [1.54, 1.807) is 16.8 Å². The molecular weight excluding hydrogens is 688 g/mol. The molecule has 4 aromatic heterocycles. The second-order valence-corrected chi connectivity index (χ2v) is 14.2. The summed E-state index contributed by atoms with van der Waals surface area (Å²) in [5, 5.41) is 13.0. The number of carbonyl (C=O) groups excluding carboxylic acids is 2. The standard InChI is InChI=1S/C40H41FN10O3/c1-47-39-28(38(46-47)29-13-16-37(52)44-40(29)53)8-3-11-33(39)54-23-22-48-18-20-49(21-19-48)35-12-4-9-30(43-35)32-25-42-34-14-15-36(45-51(32)34)50-17-5-10-31(50)26-6-2-7-27(41)24-26/h2-4,6-9,11-12,14-15,24-25,29,31H,5,10,13,16-23H2,1H3,(H,44,52,53)/t29?,31-/m1/s1. The number of hydrogen-bond acceptors (Lipinski definition) is 10. The lowest BCUT2D eigenvalue weighted by molar-refractivity contribution is -0.134. The predicted octanol–water partition coefficient (Wildman–Crippen LogP) is 4.88.